The number of hydrogen-bond donors (Lipinski definition) is 1. The minimum Gasteiger partial charge on any atom is -0.390 e. The molecule has 0 aromatic heterocycles. The first kappa shape index (κ1) is 12.0. The van der Waals surface area contributed by atoms with E-state index >= 15 is 0 Å². The molecule has 1 heteroatoms. The first-order valence-electron chi connectivity index (χ1n) is 4.85. The highest BCUT2D eigenvalue weighted by Gasteiger charge is 2.23. The van der Waals surface area contributed by atoms with E-state index in [1.54, 1.807) is 0 Å². The van der Waals surface area contributed by atoms with E-state index in [-0.39, 0.29) is 0 Å². The van der Waals surface area contributed by atoms with E-state index in [1.807, 2.05) is 13.8 Å². The predicted octanol–water partition coefficient (Wildman–Crippen LogP) is 3.22. The Kier molecular flexibility index (Phi) is 3.77. The Labute approximate surface area is 77.2 Å². The molecule has 1 nitrogen and oxygen atoms in total. The van der Waals surface area contributed by atoms with Crippen molar-refractivity contribution in [2.24, 2.45) is 11.3 Å². The minimum atomic E-state index is -0.523. The summed E-state index contributed by atoms with van der Waals surface area (Å²) in [6.07, 6.45) is 2.28. The van der Waals surface area contributed by atoms with Crippen LogP contribution in [-0.4, -0.2) is 10.7 Å². The second-order valence-electron chi connectivity index (χ2n) is 5.65. The summed E-state index contributed by atoms with van der Waals surface area (Å²) in [4.78, 5) is 0. The topological polar surface area (TPSA) is 20.2 Å². The van der Waals surface area contributed by atoms with Crippen LogP contribution in [-0.2, 0) is 0 Å². The van der Waals surface area contributed by atoms with E-state index in [2.05, 4.69) is 27.7 Å². The van der Waals surface area contributed by atoms with Crippen LogP contribution >= 0.6 is 0 Å². The number of rotatable bonds is 3. The quantitative estimate of drug-likeness (QED) is 0.693. The zero-order valence-electron chi connectivity index (χ0n) is 9.44. The van der Waals surface area contributed by atoms with E-state index in [4.69, 9.17) is 0 Å². The maximum Gasteiger partial charge on any atom is 0.0617 e. The third-order valence-corrected chi connectivity index (χ3v) is 2.53. The van der Waals surface area contributed by atoms with Crippen LogP contribution in [0.4, 0.5) is 0 Å². The molecule has 0 amide bonds. The van der Waals surface area contributed by atoms with Gasteiger partial charge >= 0.3 is 0 Å². The van der Waals surface area contributed by atoms with Crippen molar-refractivity contribution in [3.63, 3.8) is 0 Å². The molecule has 0 aliphatic carbocycles. The Balaban J connectivity index is 3.80. The maximum atomic E-state index is 9.68. The average molecular weight is 172 g/mol. The van der Waals surface area contributed by atoms with Crippen LogP contribution in [0.25, 0.3) is 0 Å². The van der Waals surface area contributed by atoms with Gasteiger partial charge in [-0.05, 0) is 38.0 Å². The predicted molar refractivity (Wildman–Crippen MR) is 54.2 cm³/mol. The first-order chi connectivity index (χ1) is 5.13. The number of aliphatic hydroxyl groups is 1. The molecule has 0 aliphatic heterocycles. The summed E-state index contributed by atoms with van der Waals surface area (Å²) >= 11 is 0. The number of hydrogen-bond acceptors (Lipinski definition) is 1. The molecule has 0 rings (SSSR count). The van der Waals surface area contributed by atoms with Gasteiger partial charge in [0.05, 0.1) is 5.60 Å². The van der Waals surface area contributed by atoms with Crippen LogP contribution in [0.3, 0.4) is 0 Å². The van der Waals surface area contributed by atoms with Gasteiger partial charge in [0.15, 0.2) is 0 Å². The van der Waals surface area contributed by atoms with Gasteiger partial charge in [-0.3, -0.25) is 0 Å². The van der Waals surface area contributed by atoms with E-state index < -0.39 is 5.60 Å². The van der Waals surface area contributed by atoms with Crippen LogP contribution < -0.4 is 0 Å². The maximum absolute atomic E-state index is 9.68. The fourth-order valence-corrected chi connectivity index (χ4v) is 1.00. The molecule has 0 aliphatic rings. The SMILES string of the molecule is CC(CCC(C)(C)C)C(C)(C)O. The van der Waals surface area contributed by atoms with Crippen molar-refractivity contribution in [3.05, 3.63) is 0 Å². The molecule has 0 spiro atoms. The molecule has 0 bridgehead atoms. The van der Waals surface area contributed by atoms with E-state index in [0.29, 0.717) is 11.3 Å². The van der Waals surface area contributed by atoms with Gasteiger partial charge in [-0.1, -0.05) is 27.7 Å². The molecule has 1 N–H and O–H groups in total. The Morgan fingerprint density at radius 1 is 1.08 bits per heavy atom. The van der Waals surface area contributed by atoms with E-state index in [0.717, 1.165) is 6.42 Å². The van der Waals surface area contributed by atoms with Crippen molar-refractivity contribution in [1.29, 1.82) is 0 Å². The van der Waals surface area contributed by atoms with Gasteiger partial charge in [0.25, 0.3) is 0 Å². The molecule has 0 saturated carbocycles. The van der Waals surface area contributed by atoms with Crippen LogP contribution in [0.15, 0.2) is 0 Å². The largest absolute Gasteiger partial charge is 0.390 e. The summed E-state index contributed by atoms with van der Waals surface area (Å²) in [6.45, 7) is 12.6. The highest BCUT2D eigenvalue weighted by atomic mass is 16.3. The summed E-state index contributed by atoms with van der Waals surface area (Å²) in [5.41, 5.74) is -0.134. The highest BCUT2D eigenvalue weighted by molar-refractivity contribution is 4.75. The molecule has 0 fully saturated rings. The lowest BCUT2D eigenvalue weighted by atomic mass is 9.82. The summed E-state index contributed by atoms with van der Waals surface area (Å²) in [5, 5.41) is 9.68. The van der Waals surface area contributed by atoms with Crippen LogP contribution in [0, 0.1) is 11.3 Å². The van der Waals surface area contributed by atoms with Crippen LogP contribution in [0.2, 0.25) is 0 Å². The van der Waals surface area contributed by atoms with Crippen molar-refractivity contribution in [2.75, 3.05) is 0 Å². The third kappa shape index (κ3) is 5.59. The molecule has 74 valence electrons. The van der Waals surface area contributed by atoms with Gasteiger partial charge < -0.3 is 5.11 Å². The van der Waals surface area contributed by atoms with E-state index in [9.17, 15) is 5.11 Å². The molecule has 1 unspecified atom stereocenters. The first-order valence-corrected chi connectivity index (χ1v) is 4.85. The lowest BCUT2D eigenvalue weighted by Crippen LogP contribution is -2.29. The summed E-state index contributed by atoms with van der Waals surface area (Å²) in [5.74, 6) is 0.386. The van der Waals surface area contributed by atoms with Gasteiger partial charge in [-0.2, -0.15) is 0 Å². The van der Waals surface area contributed by atoms with Crippen molar-refractivity contribution < 1.29 is 5.11 Å². The molecule has 12 heavy (non-hydrogen) atoms. The van der Waals surface area contributed by atoms with Gasteiger partial charge in [0.2, 0.25) is 0 Å². The highest BCUT2D eigenvalue weighted by Crippen LogP contribution is 2.28. The average Bonchev–Trinajstić information content (AvgIpc) is 1.78. The smallest absolute Gasteiger partial charge is 0.0617 e. The lowest BCUT2D eigenvalue weighted by Gasteiger charge is -2.28. The zero-order valence-corrected chi connectivity index (χ0v) is 9.44. The third-order valence-electron chi connectivity index (χ3n) is 2.53. The second-order valence-corrected chi connectivity index (χ2v) is 5.65. The molecular weight excluding hydrogens is 148 g/mol. The van der Waals surface area contributed by atoms with Gasteiger partial charge in [0, 0.05) is 0 Å². The Bertz CT molecular complexity index is 125. The Morgan fingerprint density at radius 3 is 1.75 bits per heavy atom. The van der Waals surface area contributed by atoms with Crippen LogP contribution in [0.1, 0.15) is 54.4 Å². The van der Waals surface area contributed by atoms with E-state index in [1.165, 1.54) is 6.42 Å². The normalized spacial score (nSPS) is 16.2. The molecule has 0 heterocycles. The van der Waals surface area contributed by atoms with Gasteiger partial charge in [-0.25, -0.2) is 0 Å². The molecular formula is C11H24O. The van der Waals surface area contributed by atoms with Gasteiger partial charge in [-0.15, -0.1) is 0 Å². The molecule has 0 aromatic rings. The van der Waals surface area contributed by atoms with Crippen molar-refractivity contribution in [2.45, 2.75) is 60.0 Å². The molecule has 1 atom stereocenters. The minimum absolute atomic E-state index is 0.386. The van der Waals surface area contributed by atoms with Gasteiger partial charge in [0.1, 0.15) is 0 Å². The standard InChI is InChI=1S/C11H24O/c1-9(11(5,6)12)7-8-10(2,3)4/h9,12H,7-8H2,1-6H3. The van der Waals surface area contributed by atoms with Crippen molar-refractivity contribution in [1.82, 2.24) is 0 Å². The molecule has 0 aromatic carbocycles. The summed E-state index contributed by atoms with van der Waals surface area (Å²) in [7, 11) is 0. The van der Waals surface area contributed by atoms with Crippen molar-refractivity contribution in [3.8, 4) is 0 Å². The second kappa shape index (κ2) is 3.78. The Morgan fingerprint density at radius 2 is 1.50 bits per heavy atom. The summed E-state index contributed by atoms with van der Waals surface area (Å²) < 4.78 is 0. The molecule has 0 saturated heterocycles. The lowest BCUT2D eigenvalue weighted by molar-refractivity contribution is 0.0171. The zero-order chi connectivity index (χ0) is 9.99. The monoisotopic (exact) mass is 172 g/mol. The fraction of sp³-hybridized carbons (Fsp3) is 1.00. The molecule has 0 radical (unpaired) electrons. The van der Waals surface area contributed by atoms with Crippen LogP contribution in [0.5, 0.6) is 0 Å². The Hall–Kier alpha value is -0.0400. The summed E-state index contributed by atoms with van der Waals surface area (Å²) in [6, 6.07) is 0. The fourth-order valence-electron chi connectivity index (χ4n) is 1.00. The van der Waals surface area contributed by atoms with Crippen molar-refractivity contribution >= 4 is 0 Å².